The zero-order chi connectivity index (χ0) is 18.9. The number of aliphatic hydroxyl groups excluding tert-OH is 1. The highest BCUT2D eigenvalue weighted by Crippen LogP contribution is 2.31. The molecule has 142 valence electrons. The average molecular weight is 370 g/mol. The minimum Gasteiger partial charge on any atom is -0.394 e. The van der Waals surface area contributed by atoms with Crippen LogP contribution < -0.4 is 5.32 Å². The summed E-state index contributed by atoms with van der Waals surface area (Å²) in [5.41, 5.74) is 0.0454. The van der Waals surface area contributed by atoms with Crippen molar-refractivity contribution in [2.45, 2.75) is 38.0 Å². The molecule has 0 aliphatic carbocycles. The molecule has 2 heterocycles. The molecule has 0 unspecified atom stereocenters. The van der Waals surface area contributed by atoms with E-state index in [0.29, 0.717) is 17.9 Å². The predicted octanol–water partition coefficient (Wildman–Crippen LogP) is 2.65. The fourth-order valence-electron chi connectivity index (χ4n) is 3.30. The van der Waals surface area contributed by atoms with Crippen molar-refractivity contribution in [3.8, 4) is 0 Å². The van der Waals surface area contributed by atoms with E-state index >= 15 is 0 Å². The number of carbonyl (C=O) groups excluding carboxylic acids is 1. The molecule has 26 heavy (non-hydrogen) atoms. The highest BCUT2D eigenvalue weighted by atomic mass is 19.4. The molecule has 0 saturated carbocycles. The number of aliphatic hydroxyl groups is 1. The second kappa shape index (κ2) is 7.14. The summed E-state index contributed by atoms with van der Waals surface area (Å²) in [6.07, 6.45) is -1.80. The fourth-order valence-corrected chi connectivity index (χ4v) is 3.30. The summed E-state index contributed by atoms with van der Waals surface area (Å²) in [7, 11) is 1.70. The lowest BCUT2D eigenvalue weighted by atomic mass is 10.0. The van der Waals surface area contributed by atoms with Crippen LogP contribution in [-0.4, -0.2) is 44.8 Å². The quantitative estimate of drug-likeness (QED) is 0.873. The predicted molar refractivity (Wildman–Crippen MR) is 89.4 cm³/mol. The Morgan fingerprint density at radius 2 is 2.15 bits per heavy atom. The van der Waals surface area contributed by atoms with Gasteiger partial charge in [-0.05, 0) is 37.5 Å². The molecule has 1 aromatic heterocycles. The van der Waals surface area contributed by atoms with E-state index in [0.717, 1.165) is 31.4 Å². The van der Waals surface area contributed by atoms with Crippen LogP contribution in [0.2, 0.25) is 0 Å². The molecule has 0 bridgehead atoms. The molecule has 1 saturated heterocycles. The number of benzene rings is 1. The number of urea groups is 1. The lowest BCUT2D eigenvalue weighted by Gasteiger charge is -2.34. The monoisotopic (exact) mass is 370 g/mol. The molecule has 1 atom stereocenters. The lowest BCUT2D eigenvalue weighted by molar-refractivity contribution is -0.137. The van der Waals surface area contributed by atoms with Gasteiger partial charge in [-0.1, -0.05) is 0 Å². The molecule has 6 nitrogen and oxygen atoms in total. The largest absolute Gasteiger partial charge is 0.416 e. The smallest absolute Gasteiger partial charge is 0.394 e. The van der Waals surface area contributed by atoms with Crippen LogP contribution in [0.5, 0.6) is 0 Å². The van der Waals surface area contributed by atoms with Crippen molar-refractivity contribution in [2.24, 2.45) is 7.05 Å². The SMILES string of the molecule is Cn1c(CNC(=O)N2CCCC[C@@H]2CO)nc2cc(C(F)(F)F)ccc21. The Morgan fingerprint density at radius 3 is 2.85 bits per heavy atom. The Balaban J connectivity index is 1.74. The number of piperidine rings is 1. The van der Waals surface area contributed by atoms with Gasteiger partial charge in [0.1, 0.15) is 5.82 Å². The molecule has 2 amide bonds. The van der Waals surface area contributed by atoms with Crippen LogP contribution in [0.25, 0.3) is 11.0 Å². The first-order valence-corrected chi connectivity index (χ1v) is 8.49. The van der Waals surface area contributed by atoms with Crippen molar-refractivity contribution in [3.05, 3.63) is 29.6 Å². The average Bonchev–Trinajstić information content (AvgIpc) is 2.94. The van der Waals surface area contributed by atoms with E-state index in [9.17, 15) is 23.1 Å². The van der Waals surface area contributed by atoms with Gasteiger partial charge in [0, 0.05) is 13.6 Å². The second-order valence-corrected chi connectivity index (χ2v) is 6.47. The van der Waals surface area contributed by atoms with Crippen LogP contribution >= 0.6 is 0 Å². The molecule has 2 aromatic rings. The van der Waals surface area contributed by atoms with E-state index in [1.54, 1.807) is 16.5 Å². The summed E-state index contributed by atoms with van der Waals surface area (Å²) >= 11 is 0. The van der Waals surface area contributed by atoms with Crippen molar-refractivity contribution < 1.29 is 23.1 Å². The van der Waals surface area contributed by atoms with E-state index in [1.807, 2.05) is 0 Å². The molecule has 0 radical (unpaired) electrons. The number of alkyl halides is 3. The number of aryl methyl sites for hydroxylation is 1. The van der Waals surface area contributed by atoms with Gasteiger partial charge in [0.2, 0.25) is 0 Å². The first kappa shape index (κ1) is 18.5. The Labute approximate surface area is 148 Å². The summed E-state index contributed by atoms with van der Waals surface area (Å²) in [4.78, 5) is 18.2. The number of halogens is 3. The third-order valence-electron chi connectivity index (χ3n) is 4.80. The van der Waals surface area contributed by atoms with Crippen LogP contribution in [0, 0.1) is 0 Å². The third-order valence-corrected chi connectivity index (χ3v) is 4.80. The molecule has 0 spiro atoms. The number of likely N-dealkylation sites (tertiary alicyclic amines) is 1. The normalized spacial score (nSPS) is 18.3. The van der Waals surface area contributed by atoms with E-state index in [-0.39, 0.29) is 30.7 Å². The van der Waals surface area contributed by atoms with Gasteiger partial charge in [0.05, 0.1) is 35.8 Å². The number of rotatable bonds is 3. The lowest BCUT2D eigenvalue weighted by Crippen LogP contribution is -2.50. The van der Waals surface area contributed by atoms with E-state index in [2.05, 4.69) is 10.3 Å². The molecule has 2 N–H and O–H groups in total. The third kappa shape index (κ3) is 3.62. The standard InChI is InChI=1S/C17H21F3N4O2/c1-23-14-6-5-11(17(18,19)20)8-13(14)22-15(23)9-21-16(26)24-7-3-2-4-12(24)10-25/h5-6,8,12,25H,2-4,7,9-10H2,1H3,(H,21,26)/t12-/m1/s1. The Morgan fingerprint density at radius 1 is 1.38 bits per heavy atom. The molecule has 9 heteroatoms. The van der Waals surface area contributed by atoms with Crippen LogP contribution in [0.4, 0.5) is 18.0 Å². The number of carbonyl (C=O) groups is 1. The van der Waals surface area contributed by atoms with E-state index in [4.69, 9.17) is 0 Å². The molecule has 1 aromatic carbocycles. The van der Waals surface area contributed by atoms with Crippen molar-refractivity contribution in [2.75, 3.05) is 13.2 Å². The Hall–Kier alpha value is -2.29. The molecular formula is C17H21F3N4O2. The summed E-state index contributed by atoms with van der Waals surface area (Å²) in [6.45, 7) is 0.592. The summed E-state index contributed by atoms with van der Waals surface area (Å²) in [5, 5.41) is 12.1. The molecule has 1 aliphatic heterocycles. The number of nitrogens with zero attached hydrogens (tertiary/aromatic N) is 3. The number of imidazole rings is 1. The maximum Gasteiger partial charge on any atom is 0.416 e. The van der Waals surface area contributed by atoms with Gasteiger partial charge in [-0.2, -0.15) is 13.2 Å². The first-order valence-electron chi connectivity index (χ1n) is 8.49. The van der Waals surface area contributed by atoms with Crippen molar-refractivity contribution in [1.29, 1.82) is 0 Å². The van der Waals surface area contributed by atoms with Gasteiger partial charge in [-0.15, -0.1) is 0 Å². The van der Waals surface area contributed by atoms with Crippen molar-refractivity contribution >= 4 is 17.1 Å². The zero-order valence-electron chi connectivity index (χ0n) is 14.4. The minimum atomic E-state index is -4.42. The number of fused-ring (bicyclic) bond motifs is 1. The van der Waals surface area contributed by atoms with E-state index < -0.39 is 11.7 Å². The summed E-state index contributed by atoms with van der Waals surface area (Å²) in [6, 6.07) is 2.91. The maximum absolute atomic E-state index is 12.8. The Bertz CT molecular complexity index is 803. The highest BCUT2D eigenvalue weighted by Gasteiger charge is 2.31. The molecule has 3 rings (SSSR count). The van der Waals surface area contributed by atoms with Gasteiger partial charge in [-0.25, -0.2) is 9.78 Å². The van der Waals surface area contributed by atoms with Crippen LogP contribution in [0.1, 0.15) is 30.7 Å². The second-order valence-electron chi connectivity index (χ2n) is 6.47. The van der Waals surface area contributed by atoms with Gasteiger partial charge in [0.25, 0.3) is 0 Å². The van der Waals surface area contributed by atoms with Gasteiger partial charge in [0.15, 0.2) is 0 Å². The number of hydrogen-bond acceptors (Lipinski definition) is 3. The minimum absolute atomic E-state index is 0.0834. The Kier molecular flexibility index (Phi) is 5.08. The molecule has 1 fully saturated rings. The van der Waals surface area contributed by atoms with Crippen molar-refractivity contribution in [1.82, 2.24) is 19.8 Å². The van der Waals surface area contributed by atoms with Crippen LogP contribution in [-0.2, 0) is 19.8 Å². The molecular weight excluding hydrogens is 349 g/mol. The number of amides is 2. The number of nitrogens with one attached hydrogen (secondary N) is 1. The van der Waals surface area contributed by atoms with Crippen LogP contribution in [0.15, 0.2) is 18.2 Å². The molecule has 1 aliphatic rings. The topological polar surface area (TPSA) is 70.4 Å². The number of aromatic nitrogens is 2. The first-order chi connectivity index (χ1) is 12.3. The summed E-state index contributed by atoms with van der Waals surface area (Å²) in [5.74, 6) is 0.463. The van der Waals surface area contributed by atoms with E-state index in [1.165, 1.54) is 6.07 Å². The fraction of sp³-hybridized carbons (Fsp3) is 0.529. The van der Waals surface area contributed by atoms with Gasteiger partial charge < -0.3 is 19.9 Å². The highest BCUT2D eigenvalue weighted by molar-refractivity contribution is 5.78. The maximum atomic E-state index is 12.8. The zero-order valence-corrected chi connectivity index (χ0v) is 14.4. The van der Waals surface area contributed by atoms with Gasteiger partial charge >= 0.3 is 12.2 Å². The van der Waals surface area contributed by atoms with Gasteiger partial charge in [-0.3, -0.25) is 0 Å². The summed E-state index contributed by atoms with van der Waals surface area (Å²) < 4.78 is 40.2. The number of hydrogen-bond donors (Lipinski definition) is 2. The van der Waals surface area contributed by atoms with Crippen molar-refractivity contribution in [3.63, 3.8) is 0 Å². The van der Waals surface area contributed by atoms with Crippen LogP contribution in [0.3, 0.4) is 0 Å².